The molecule has 0 spiro atoms. The van der Waals surface area contributed by atoms with Crippen LogP contribution in [0.2, 0.25) is 0 Å². The molecule has 0 saturated heterocycles. The van der Waals surface area contributed by atoms with Gasteiger partial charge in [0.2, 0.25) is 0 Å². The molecule has 0 bridgehead atoms. The van der Waals surface area contributed by atoms with Crippen LogP contribution in [0, 0.1) is 13.8 Å². The zero-order valence-electron chi connectivity index (χ0n) is 6.48. The topological polar surface area (TPSA) is 17.8 Å². The fourth-order valence-corrected chi connectivity index (χ4v) is 1.78. The van der Waals surface area contributed by atoms with Gasteiger partial charge in [-0.2, -0.15) is 5.10 Å². The zero-order valence-corrected chi connectivity index (χ0v) is 8.07. The third-order valence-corrected chi connectivity index (χ3v) is 2.32. The molecule has 0 N–H and O–H groups in total. The second kappa shape index (κ2) is 2.74. The highest BCUT2D eigenvalue weighted by Crippen LogP contribution is 2.13. The second-order valence-corrected chi connectivity index (χ2v) is 2.98. The molecule has 0 saturated carbocycles. The minimum absolute atomic E-state index is 0.885. The predicted octanol–water partition coefficient (Wildman–Crippen LogP) is 1.93. The van der Waals surface area contributed by atoms with Gasteiger partial charge in [-0.25, -0.2) is 0 Å². The van der Waals surface area contributed by atoms with Crippen LogP contribution < -0.4 is 0 Å². The SMILES string of the molecule is Cc1nn(C)c(CBr)c1C. The Bertz CT molecular complexity index is 240. The van der Waals surface area contributed by atoms with Gasteiger partial charge in [0.1, 0.15) is 0 Å². The van der Waals surface area contributed by atoms with E-state index < -0.39 is 0 Å². The Hall–Kier alpha value is -0.310. The molecule has 3 heteroatoms. The lowest BCUT2D eigenvalue weighted by molar-refractivity contribution is 0.728. The largest absolute Gasteiger partial charge is 0.271 e. The van der Waals surface area contributed by atoms with E-state index in [2.05, 4.69) is 28.0 Å². The van der Waals surface area contributed by atoms with E-state index in [1.54, 1.807) is 0 Å². The summed E-state index contributed by atoms with van der Waals surface area (Å²) >= 11 is 3.41. The maximum absolute atomic E-state index is 4.27. The highest BCUT2D eigenvalue weighted by atomic mass is 79.9. The normalized spacial score (nSPS) is 10.4. The van der Waals surface area contributed by atoms with Crippen molar-refractivity contribution in [2.75, 3.05) is 0 Å². The molecule has 0 atom stereocenters. The van der Waals surface area contributed by atoms with Gasteiger partial charge in [0.15, 0.2) is 0 Å². The van der Waals surface area contributed by atoms with Crippen molar-refractivity contribution in [3.8, 4) is 0 Å². The van der Waals surface area contributed by atoms with Gasteiger partial charge < -0.3 is 0 Å². The Morgan fingerprint density at radius 2 is 2.10 bits per heavy atom. The number of nitrogens with zero attached hydrogens (tertiary/aromatic N) is 2. The summed E-state index contributed by atoms with van der Waals surface area (Å²) < 4.78 is 1.92. The molecule has 1 aromatic rings. The molecule has 56 valence electrons. The van der Waals surface area contributed by atoms with Gasteiger partial charge >= 0.3 is 0 Å². The molecule has 0 unspecified atom stereocenters. The maximum Gasteiger partial charge on any atom is 0.0625 e. The Morgan fingerprint density at radius 1 is 1.50 bits per heavy atom. The first-order chi connectivity index (χ1) is 4.66. The number of aryl methyl sites for hydroxylation is 2. The quantitative estimate of drug-likeness (QED) is 0.637. The molecule has 10 heavy (non-hydrogen) atoms. The third-order valence-electron chi connectivity index (χ3n) is 1.79. The minimum Gasteiger partial charge on any atom is -0.271 e. The second-order valence-electron chi connectivity index (χ2n) is 2.41. The summed E-state index contributed by atoms with van der Waals surface area (Å²) in [5.74, 6) is 0. The van der Waals surface area contributed by atoms with E-state index in [1.165, 1.54) is 11.3 Å². The van der Waals surface area contributed by atoms with E-state index >= 15 is 0 Å². The lowest BCUT2D eigenvalue weighted by atomic mass is 10.2. The third kappa shape index (κ3) is 1.10. The van der Waals surface area contributed by atoms with Crippen molar-refractivity contribution >= 4 is 15.9 Å². The number of hydrogen-bond acceptors (Lipinski definition) is 1. The van der Waals surface area contributed by atoms with E-state index in [1.807, 2.05) is 18.7 Å². The first kappa shape index (κ1) is 7.79. The average Bonchev–Trinajstić information content (AvgIpc) is 2.09. The number of hydrogen-bond donors (Lipinski definition) is 0. The van der Waals surface area contributed by atoms with Crippen LogP contribution in [-0.2, 0) is 12.4 Å². The maximum atomic E-state index is 4.27. The standard InChI is InChI=1S/C7H11BrN2/c1-5-6(2)9-10(3)7(5)4-8/h4H2,1-3H3. The summed E-state index contributed by atoms with van der Waals surface area (Å²) in [5.41, 5.74) is 3.67. The highest BCUT2D eigenvalue weighted by molar-refractivity contribution is 9.08. The summed E-state index contributed by atoms with van der Waals surface area (Å²) in [6, 6.07) is 0. The van der Waals surface area contributed by atoms with Gasteiger partial charge in [0.25, 0.3) is 0 Å². The Balaban J connectivity index is 3.20. The van der Waals surface area contributed by atoms with Gasteiger partial charge in [0.05, 0.1) is 11.4 Å². The summed E-state index contributed by atoms with van der Waals surface area (Å²) in [7, 11) is 1.97. The van der Waals surface area contributed by atoms with Crippen LogP contribution >= 0.6 is 15.9 Å². The molecule has 0 fully saturated rings. The monoisotopic (exact) mass is 202 g/mol. The molecule has 0 aliphatic heterocycles. The van der Waals surface area contributed by atoms with Crippen molar-refractivity contribution < 1.29 is 0 Å². The van der Waals surface area contributed by atoms with Crippen molar-refractivity contribution in [2.45, 2.75) is 19.2 Å². The Kier molecular flexibility index (Phi) is 2.14. The number of halogens is 1. The molecular formula is C7H11BrN2. The molecule has 0 aromatic carbocycles. The van der Waals surface area contributed by atoms with Gasteiger partial charge in [0, 0.05) is 12.4 Å². The van der Waals surface area contributed by atoms with E-state index in [0.717, 1.165) is 11.0 Å². The molecule has 0 amide bonds. The summed E-state index contributed by atoms with van der Waals surface area (Å²) in [6.07, 6.45) is 0. The zero-order chi connectivity index (χ0) is 7.72. The molecule has 0 aliphatic rings. The molecule has 1 rings (SSSR count). The first-order valence-electron chi connectivity index (χ1n) is 3.22. The fourth-order valence-electron chi connectivity index (χ4n) is 0.999. The average molecular weight is 203 g/mol. The van der Waals surface area contributed by atoms with Crippen LogP contribution in [0.5, 0.6) is 0 Å². The number of rotatable bonds is 1. The summed E-state index contributed by atoms with van der Waals surface area (Å²) in [5, 5.41) is 5.15. The van der Waals surface area contributed by atoms with Crippen molar-refractivity contribution in [1.82, 2.24) is 9.78 Å². The number of aromatic nitrogens is 2. The molecule has 1 aromatic heterocycles. The highest BCUT2D eigenvalue weighted by Gasteiger charge is 2.05. The van der Waals surface area contributed by atoms with Gasteiger partial charge in [-0.15, -0.1) is 0 Å². The predicted molar refractivity (Wildman–Crippen MR) is 45.3 cm³/mol. The van der Waals surface area contributed by atoms with E-state index in [4.69, 9.17) is 0 Å². The molecule has 2 nitrogen and oxygen atoms in total. The molecule has 0 aliphatic carbocycles. The number of alkyl halides is 1. The van der Waals surface area contributed by atoms with Crippen LogP contribution in [0.4, 0.5) is 0 Å². The van der Waals surface area contributed by atoms with Crippen LogP contribution in [0.25, 0.3) is 0 Å². The molecular weight excluding hydrogens is 192 g/mol. The van der Waals surface area contributed by atoms with Crippen molar-refractivity contribution in [3.05, 3.63) is 17.0 Å². The van der Waals surface area contributed by atoms with Crippen LogP contribution in [0.1, 0.15) is 17.0 Å². The van der Waals surface area contributed by atoms with Crippen molar-refractivity contribution in [2.24, 2.45) is 7.05 Å². The van der Waals surface area contributed by atoms with Crippen LogP contribution in [-0.4, -0.2) is 9.78 Å². The smallest absolute Gasteiger partial charge is 0.0625 e. The van der Waals surface area contributed by atoms with Gasteiger partial charge in [-0.3, -0.25) is 4.68 Å². The molecule has 0 radical (unpaired) electrons. The lowest BCUT2D eigenvalue weighted by Gasteiger charge is -1.95. The van der Waals surface area contributed by atoms with Gasteiger partial charge in [-0.05, 0) is 19.4 Å². The van der Waals surface area contributed by atoms with Crippen LogP contribution in [0.3, 0.4) is 0 Å². The Morgan fingerprint density at radius 3 is 2.30 bits per heavy atom. The van der Waals surface area contributed by atoms with E-state index in [0.29, 0.717) is 0 Å². The minimum atomic E-state index is 0.885. The Labute approximate surface area is 69.4 Å². The summed E-state index contributed by atoms with van der Waals surface area (Å²) in [4.78, 5) is 0. The molecule has 1 heterocycles. The lowest BCUT2D eigenvalue weighted by Crippen LogP contribution is -1.95. The fraction of sp³-hybridized carbons (Fsp3) is 0.571. The van der Waals surface area contributed by atoms with Crippen LogP contribution in [0.15, 0.2) is 0 Å². The van der Waals surface area contributed by atoms with Crippen molar-refractivity contribution in [1.29, 1.82) is 0 Å². The first-order valence-corrected chi connectivity index (χ1v) is 4.34. The summed E-state index contributed by atoms with van der Waals surface area (Å²) in [6.45, 7) is 4.13. The van der Waals surface area contributed by atoms with E-state index in [-0.39, 0.29) is 0 Å². The van der Waals surface area contributed by atoms with Gasteiger partial charge in [-0.1, -0.05) is 15.9 Å². The van der Waals surface area contributed by atoms with E-state index in [9.17, 15) is 0 Å². The van der Waals surface area contributed by atoms with Crippen molar-refractivity contribution in [3.63, 3.8) is 0 Å².